The van der Waals surface area contributed by atoms with Crippen molar-refractivity contribution in [1.82, 2.24) is 9.62 Å². The highest BCUT2D eigenvalue weighted by Gasteiger charge is 2.30. The van der Waals surface area contributed by atoms with Crippen LogP contribution >= 0.6 is 23.2 Å². The molecule has 1 fully saturated rings. The number of nitrogens with one attached hydrogen (secondary N) is 1. The number of morpholine rings is 1. The zero-order chi connectivity index (χ0) is 20.3. The predicted molar refractivity (Wildman–Crippen MR) is 108 cm³/mol. The summed E-state index contributed by atoms with van der Waals surface area (Å²) >= 11 is 12.3. The molecule has 150 valence electrons. The van der Waals surface area contributed by atoms with Gasteiger partial charge in [-0.3, -0.25) is 4.79 Å². The van der Waals surface area contributed by atoms with Crippen LogP contribution in [0, 0.1) is 0 Å². The lowest BCUT2D eigenvalue weighted by Gasteiger charge is -2.26. The van der Waals surface area contributed by atoms with Crippen LogP contribution in [0.2, 0.25) is 10.0 Å². The number of sulfonamides is 1. The van der Waals surface area contributed by atoms with E-state index in [1.807, 2.05) is 37.3 Å². The summed E-state index contributed by atoms with van der Waals surface area (Å²) in [5.41, 5.74) is 0.975. The minimum atomic E-state index is -3.86. The highest BCUT2D eigenvalue weighted by molar-refractivity contribution is 7.89. The van der Waals surface area contributed by atoms with Gasteiger partial charge in [0.2, 0.25) is 10.0 Å². The summed E-state index contributed by atoms with van der Waals surface area (Å²) in [7, 11) is -3.86. The van der Waals surface area contributed by atoms with Gasteiger partial charge in [0.15, 0.2) is 0 Å². The monoisotopic (exact) mass is 442 g/mol. The standard InChI is InChI=1S/C19H20Cl2N2O4S/c1-13(14-5-3-2-4-6-14)22-19(24)15-11-18(17(21)12-16(15)20)28(25,26)23-7-9-27-10-8-23/h2-6,11-13H,7-10H2,1H3,(H,22,24). The van der Waals surface area contributed by atoms with Crippen LogP contribution in [0.1, 0.15) is 28.9 Å². The van der Waals surface area contributed by atoms with Crippen molar-refractivity contribution in [1.29, 1.82) is 0 Å². The van der Waals surface area contributed by atoms with Crippen molar-refractivity contribution in [2.75, 3.05) is 26.3 Å². The molecule has 1 unspecified atom stereocenters. The Morgan fingerprint density at radius 2 is 1.75 bits per heavy atom. The maximum atomic E-state index is 12.9. The van der Waals surface area contributed by atoms with Crippen LogP contribution in [0.25, 0.3) is 0 Å². The van der Waals surface area contributed by atoms with E-state index in [-0.39, 0.29) is 39.6 Å². The molecule has 1 atom stereocenters. The van der Waals surface area contributed by atoms with E-state index >= 15 is 0 Å². The van der Waals surface area contributed by atoms with Crippen molar-refractivity contribution < 1.29 is 17.9 Å². The highest BCUT2D eigenvalue weighted by Crippen LogP contribution is 2.31. The van der Waals surface area contributed by atoms with Crippen LogP contribution in [0.3, 0.4) is 0 Å². The van der Waals surface area contributed by atoms with Gasteiger partial charge < -0.3 is 10.1 Å². The molecule has 1 amide bonds. The molecule has 0 saturated carbocycles. The Bertz CT molecular complexity index is 961. The van der Waals surface area contributed by atoms with Crippen molar-refractivity contribution in [3.8, 4) is 0 Å². The summed E-state index contributed by atoms with van der Waals surface area (Å²) in [5.74, 6) is -0.476. The first kappa shape index (κ1) is 21.1. The molecule has 1 aliphatic rings. The summed E-state index contributed by atoms with van der Waals surface area (Å²) in [5, 5.41) is 2.90. The van der Waals surface area contributed by atoms with Crippen LogP contribution in [0.15, 0.2) is 47.4 Å². The number of carbonyl (C=O) groups excluding carboxylic acids is 1. The molecule has 3 rings (SSSR count). The highest BCUT2D eigenvalue weighted by atomic mass is 35.5. The number of hydrogen-bond acceptors (Lipinski definition) is 4. The minimum absolute atomic E-state index is 0.0239. The molecule has 1 aliphatic heterocycles. The van der Waals surface area contributed by atoms with Gasteiger partial charge in [0.25, 0.3) is 5.91 Å². The Balaban J connectivity index is 1.89. The van der Waals surface area contributed by atoms with Crippen LogP contribution < -0.4 is 5.32 Å². The van der Waals surface area contributed by atoms with Gasteiger partial charge in [-0.05, 0) is 24.6 Å². The number of benzene rings is 2. The van der Waals surface area contributed by atoms with Crippen molar-refractivity contribution in [3.63, 3.8) is 0 Å². The molecular formula is C19H20Cl2N2O4S. The van der Waals surface area contributed by atoms with Crippen molar-refractivity contribution in [3.05, 3.63) is 63.6 Å². The number of carbonyl (C=O) groups is 1. The van der Waals surface area contributed by atoms with Crippen LogP contribution in [-0.4, -0.2) is 44.9 Å². The van der Waals surface area contributed by atoms with E-state index < -0.39 is 15.9 Å². The lowest BCUT2D eigenvalue weighted by atomic mass is 10.1. The molecule has 0 spiro atoms. The lowest BCUT2D eigenvalue weighted by molar-refractivity contribution is 0.0730. The van der Waals surface area contributed by atoms with E-state index in [1.54, 1.807) is 0 Å². The number of hydrogen-bond donors (Lipinski definition) is 1. The van der Waals surface area contributed by atoms with E-state index in [9.17, 15) is 13.2 Å². The first-order valence-electron chi connectivity index (χ1n) is 8.73. The minimum Gasteiger partial charge on any atom is -0.379 e. The van der Waals surface area contributed by atoms with Gasteiger partial charge in [0, 0.05) is 13.1 Å². The van der Waals surface area contributed by atoms with Gasteiger partial charge in [0.1, 0.15) is 4.90 Å². The summed E-state index contributed by atoms with van der Waals surface area (Å²) in [4.78, 5) is 12.6. The first-order chi connectivity index (χ1) is 13.3. The second kappa shape index (κ2) is 8.80. The normalized spacial score (nSPS) is 16.5. The maximum absolute atomic E-state index is 12.9. The Morgan fingerprint density at radius 1 is 1.11 bits per heavy atom. The number of amides is 1. The first-order valence-corrected chi connectivity index (χ1v) is 10.9. The van der Waals surface area contributed by atoms with Crippen LogP contribution in [-0.2, 0) is 14.8 Å². The lowest BCUT2D eigenvalue weighted by Crippen LogP contribution is -2.40. The molecule has 0 aromatic heterocycles. The molecule has 28 heavy (non-hydrogen) atoms. The summed E-state index contributed by atoms with van der Waals surface area (Å²) in [6.45, 7) is 2.92. The number of ether oxygens (including phenoxy) is 1. The van der Waals surface area contributed by atoms with Gasteiger partial charge in [-0.2, -0.15) is 4.31 Å². The van der Waals surface area contributed by atoms with Crippen LogP contribution in [0.4, 0.5) is 0 Å². The van der Waals surface area contributed by atoms with Gasteiger partial charge in [-0.25, -0.2) is 8.42 Å². The molecule has 0 radical (unpaired) electrons. The quantitative estimate of drug-likeness (QED) is 0.768. The van der Waals surface area contributed by atoms with Crippen molar-refractivity contribution in [2.45, 2.75) is 17.9 Å². The number of nitrogens with zero attached hydrogens (tertiary/aromatic N) is 1. The summed E-state index contributed by atoms with van der Waals surface area (Å²) in [6.07, 6.45) is 0. The Kier molecular flexibility index (Phi) is 6.62. The molecule has 1 saturated heterocycles. The Hall–Kier alpha value is -1.64. The van der Waals surface area contributed by atoms with Gasteiger partial charge >= 0.3 is 0 Å². The topological polar surface area (TPSA) is 75.7 Å². The van der Waals surface area contributed by atoms with E-state index in [4.69, 9.17) is 27.9 Å². The van der Waals surface area contributed by atoms with Gasteiger partial charge in [-0.15, -0.1) is 0 Å². The van der Waals surface area contributed by atoms with Crippen molar-refractivity contribution in [2.24, 2.45) is 0 Å². The van der Waals surface area contributed by atoms with E-state index in [0.29, 0.717) is 13.2 Å². The Labute approximate surface area is 174 Å². The molecule has 2 aromatic carbocycles. The molecule has 6 nitrogen and oxygen atoms in total. The third-order valence-electron chi connectivity index (χ3n) is 4.50. The number of halogens is 2. The van der Waals surface area contributed by atoms with Crippen molar-refractivity contribution >= 4 is 39.1 Å². The van der Waals surface area contributed by atoms with E-state index in [1.165, 1.54) is 16.4 Å². The summed E-state index contributed by atoms with van der Waals surface area (Å²) in [6, 6.07) is 11.7. The molecule has 2 aromatic rings. The Morgan fingerprint density at radius 3 is 2.39 bits per heavy atom. The number of rotatable bonds is 5. The SMILES string of the molecule is CC(NC(=O)c1cc(S(=O)(=O)N2CCOCC2)c(Cl)cc1Cl)c1ccccc1. The smallest absolute Gasteiger partial charge is 0.253 e. The average Bonchev–Trinajstić information content (AvgIpc) is 2.69. The second-order valence-electron chi connectivity index (χ2n) is 6.38. The molecule has 9 heteroatoms. The van der Waals surface area contributed by atoms with E-state index in [2.05, 4.69) is 5.32 Å². The predicted octanol–water partition coefficient (Wildman–Crippen LogP) is 3.51. The average molecular weight is 443 g/mol. The molecule has 1 heterocycles. The molecule has 0 bridgehead atoms. The molecule has 1 N–H and O–H groups in total. The summed E-state index contributed by atoms with van der Waals surface area (Å²) < 4.78 is 32.4. The van der Waals surface area contributed by atoms with E-state index in [0.717, 1.165) is 5.56 Å². The fourth-order valence-corrected chi connectivity index (χ4v) is 5.17. The maximum Gasteiger partial charge on any atom is 0.253 e. The van der Waals surface area contributed by atoms with Gasteiger partial charge in [0.05, 0.1) is 34.9 Å². The largest absolute Gasteiger partial charge is 0.379 e. The van der Waals surface area contributed by atoms with Gasteiger partial charge in [-0.1, -0.05) is 53.5 Å². The fourth-order valence-electron chi connectivity index (χ4n) is 2.93. The fraction of sp³-hybridized carbons (Fsp3) is 0.316. The molecular weight excluding hydrogens is 423 g/mol. The zero-order valence-electron chi connectivity index (χ0n) is 15.2. The molecule has 0 aliphatic carbocycles. The second-order valence-corrected chi connectivity index (χ2v) is 9.11. The zero-order valence-corrected chi connectivity index (χ0v) is 17.5. The van der Waals surface area contributed by atoms with Crippen LogP contribution in [0.5, 0.6) is 0 Å². The third kappa shape index (κ3) is 4.50. The third-order valence-corrected chi connectivity index (χ3v) is 7.18.